The normalized spacial score (nSPS) is 10.3. The fourth-order valence-electron chi connectivity index (χ4n) is 2.93. The van der Waals surface area contributed by atoms with Gasteiger partial charge in [0.15, 0.2) is 5.78 Å². The van der Waals surface area contributed by atoms with Gasteiger partial charge in [0, 0.05) is 17.7 Å². The average Bonchev–Trinajstić information content (AvgIpc) is 2.75. The molecular formula is C22H16FN3O6. The molecule has 3 rings (SSSR count). The molecule has 0 fully saturated rings. The first kappa shape index (κ1) is 22.1. The lowest BCUT2D eigenvalue weighted by Crippen LogP contribution is -2.18. The molecule has 0 spiro atoms. The summed E-state index contributed by atoms with van der Waals surface area (Å²) in [4.78, 5) is 46.1. The number of carbonyl (C=O) groups excluding carboxylic acids is 2. The van der Waals surface area contributed by atoms with Crippen LogP contribution >= 0.6 is 0 Å². The maximum Gasteiger partial charge on any atom is 0.409 e. The second-order valence-corrected chi connectivity index (χ2v) is 6.65. The zero-order valence-electron chi connectivity index (χ0n) is 16.4. The van der Waals surface area contributed by atoms with E-state index in [9.17, 15) is 28.9 Å². The first-order valence-electron chi connectivity index (χ1n) is 9.20. The van der Waals surface area contributed by atoms with E-state index in [0.717, 1.165) is 6.07 Å². The van der Waals surface area contributed by atoms with E-state index in [1.165, 1.54) is 54.6 Å². The van der Waals surface area contributed by atoms with Crippen LogP contribution < -0.4 is 10.6 Å². The molecule has 9 nitrogen and oxygen atoms in total. The van der Waals surface area contributed by atoms with Gasteiger partial charge in [-0.15, -0.1) is 0 Å². The molecule has 2 amide bonds. The van der Waals surface area contributed by atoms with Crippen LogP contribution in [0.2, 0.25) is 0 Å². The number of rotatable bonds is 7. The SMILES string of the molecule is O=C(O)Nc1ccc(-c2ccc(F)cc2)cc1NC(=O)CC(=O)c1cccc([N+](=O)[O-])c1. The van der Waals surface area contributed by atoms with Gasteiger partial charge in [-0.05, 0) is 35.4 Å². The number of nitro groups is 1. The topological polar surface area (TPSA) is 139 Å². The van der Waals surface area contributed by atoms with Gasteiger partial charge < -0.3 is 10.4 Å². The number of anilines is 2. The molecule has 0 aliphatic heterocycles. The van der Waals surface area contributed by atoms with Crippen LogP contribution in [0.15, 0.2) is 66.7 Å². The minimum Gasteiger partial charge on any atom is -0.465 e. The van der Waals surface area contributed by atoms with Crippen molar-refractivity contribution in [2.75, 3.05) is 10.6 Å². The molecule has 0 saturated heterocycles. The van der Waals surface area contributed by atoms with E-state index >= 15 is 0 Å². The number of non-ortho nitro benzene ring substituents is 1. The summed E-state index contributed by atoms with van der Waals surface area (Å²) in [5, 5.41) is 24.5. The van der Waals surface area contributed by atoms with Crippen molar-refractivity contribution < 1.29 is 28.8 Å². The lowest BCUT2D eigenvalue weighted by molar-refractivity contribution is -0.384. The number of nitro benzene ring substituents is 1. The zero-order valence-corrected chi connectivity index (χ0v) is 16.4. The number of amides is 2. The highest BCUT2D eigenvalue weighted by molar-refractivity contribution is 6.12. The number of carbonyl (C=O) groups is 3. The van der Waals surface area contributed by atoms with Crippen molar-refractivity contribution >= 4 is 34.8 Å². The number of nitrogens with zero attached hydrogens (tertiary/aromatic N) is 1. The minimum atomic E-state index is -1.36. The van der Waals surface area contributed by atoms with E-state index in [-0.39, 0.29) is 22.6 Å². The largest absolute Gasteiger partial charge is 0.465 e. The fourth-order valence-corrected chi connectivity index (χ4v) is 2.93. The average molecular weight is 437 g/mol. The quantitative estimate of drug-likeness (QED) is 0.212. The Labute approximate surface area is 180 Å². The molecule has 32 heavy (non-hydrogen) atoms. The Hall–Kier alpha value is -4.60. The van der Waals surface area contributed by atoms with Gasteiger partial charge in [0.25, 0.3) is 5.69 Å². The van der Waals surface area contributed by atoms with Crippen molar-refractivity contribution in [1.82, 2.24) is 0 Å². The van der Waals surface area contributed by atoms with E-state index in [2.05, 4.69) is 10.6 Å². The Morgan fingerprint density at radius 3 is 2.25 bits per heavy atom. The second kappa shape index (κ2) is 9.47. The predicted octanol–water partition coefficient (Wildman–Crippen LogP) is 4.70. The smallest absolute Gasteiger partial charge is 0.409 e. The van der Waals surface area contributed by atoms with Crippen LogP contribution in [0.25, 0.3) is 11.1 Å². The van der Waals surface area contributed by atoms with E-state index in [1.54, 1.807) is 6.07 Å². The molecular weight excluding hydrogens is 421 g/mol. The third-order valence-corrected chi connectivity index (χ3v) is 4.41. The summed E-state index contributed by atoms with van der Waals surface area (Å²) in [5.41, 5.74) is 1.07. The molecule has 3 N–H and O–H groups in total. The molecule has 162 valence electrons. The second-order valence-electron chi connectivity index (χ2n) is 6.65. The van der Waals surface area contributed by atoms with Crippen LogP contribution in [0.1, 0.15) is 16.8 Å². The number of halogens is 1. The lowest BCUT2D eigenvalue weighted by atomic mass is 10.0. The number of nitrogens with one attached hydrogen (secondary N) is 2. The third kappa shape index (κ3) is 5.51. The van der Waals surface area contributed by atoms with Crippen molar-refractivity contribution in [3.63, 3.8) is 0 Å². The number of hydrogen-bond donors (Lipinski definition) is 3. The maximum atomic E-state index is 13.2. The van der Waals surface area contributed by atoms with Gasteiger partial charge in [0.1, 0.15) is 5.82 Å². The first-order valence-corrected chi connectivity index (χ1v) is 9.20. The summed E-state index contributed by atoms with van der Waals surface area (Å²) < 4.78 is 13.2. The lowest BCUT2D eigenvalue weighted by Gasteiger charge is -2.13. The van der Waals surface area contributed by atoms with E-state index in [1.807, 2.05) is 0 Å². The van der Waals surface area contributed by atoms with Crippen LogP contribution in [0.3, 0.4) is 0 Å². The van der Waals surface area contributed by atoms with Crippen molar-refractivity contribution in [3.05, 3.63) is 88.2 Å². The molecule has 0 atom stereocenters. The molecule has 3 aromatic carbocycles. The number of benzene rings is 3. The molecule has 0 unspecified atom stereocenters. The van der Waals surface area contributed by atoms with Gasteiger partial charge >= 0.3 is 6.09 Å². The van der Waals surface area contributed by atoms with Crippen molar-refractivity contribution in [2.45, 2.75) is 6.42 Å². The molecule has 0 aromatic heterocycles. The molecule has 0 heterocycles. The Morgan fingerprint density at radius 1 is 0.906 bits per heavy atom. The molecule has 0 aliphatic carbocycles. The molecule has 0 aliphatic rings. The minimum absolute atomic E-state index is 0.00158. The van der Waals surface area contributed by atoms with E-state index in [0.29, 0.717) is 11.1 Å². The summed E-state index contributed by atoms with van der Waals surface area (Å²) in [5.74, 6) is -1.81. The standard InChI is InChI=1S/C22H16FN3O6/c23-16-7-4-13(5-8-16)14-6-9-18(25-22(29)30)19(11-14)24-21(28)12-20(27)15-2-1-3-17(10-15)26(31)32/h1-11,25H,12H2,(H,24,28)(H,29,30). The highest BCUT2D eigenvalue weighted by Gasteiger charge is 2.17. The Morgan fingerprint density at radius 2 is 1.59 bits per heavy atom. The highest BCUT2D eigenvalue weighted by atomic mass is 19.1. The molecule has 3 aromatic rings. The van der Waals surface area contributed by atoms with Gasteiger partial charge in [0.2, 0.25) is 5.91 Å². The van der Waals surface area contributed by atoms with E-state index in [4.69, 9.17) is 5.11 Å². The van der Waals surface area contributed by atoms with Crippen LogP contribution in [-0.4, -0.2) is 27.8 Å². The molecule has 0 bridgehead atoms. The molecule has 0 saturated carbocycles. The van der Waals surface area contributed by atoms with Crippen molar-refractivity contribution in [2.24, 2.45) is 0 Å². The third-order valence-electron chi connectivity index (χ3n) is 4.41. The first-order chi connectivity index (χ1) is 15.2. The molecule has 10 heteroatoms. The Balaban J connectivity index is 1.82. The summed E-state index contributed by atoms with van der Waals surface area (Å²) in [7, 11) is 0. The van der Waals surface area contributed by atoms with Crippen LogP contribution in [0, 0.1) is 15.9 Å². The van der Waals surface area contributed by atoms with Gasteiger partial charge in [-0.25, -0.2) is 9.18 Å². The highest BCUT2D eigenvalue weighted by Crippen LogP contribution is 2.29. The predicted molar refractivity (Wildman–Crippen MR) is 114 cm³/mol. The number of hydrogen-bond acceptors (Lipinski definition) is 5. The fraction of sp³-hybridized carbons (Fsp3) is 0.0455. The van der Waals surface area contributed by atoms with Crippen LogP contribution in [-0.2, 0) is 4.79 Å². The number of ketones is 1. The van der Waals surface area contributed by atoms with Gasteiger partial charge in [-0.2, -0.15) is 0 Å². The summed E-state index contributed by atoms with van der Waals surface area (Å²) in [6, 6.07) is 15.0. The number of Topliss-reactive ketones (excluding diaryl/α,β-unsaturated/α-hetero) is 1. The van der Waals surface area contributed by atoms with Crippen molar-refractivity contribution in [1.29, 1.82) is 0 Å². The van der Waals surface area contributed by atoms with Crippen LogP contribution in [0.5, 0.6) is 0 Å². The monoisotopic (exact) mass is 437 g/mol. The summed E-state index contributed by atoms with van der Waals surface area (Å²) >= 11 is 0. The van der Waals surface area contributed by atoms with Gasteiger partial charge in [0.05, 0.1) is 22.7 Å². The zero-order chi connectivity index (χ0) is 23.3. The summed E-state index contributed by atoms with van der Waals surface area (Å²) in [6.45, 7) is 0. The van der Waals surface area contributed by atoms with E-state index < -0.39 is 34.9 Å². The van der Waals surface area contributed by atoms with Gasteiger partial charge in [-0.1, -0.05) is 30.3 Å². The van der Waals surface area contributed by atoms with Crippen LogP contribution in [0.4, 0.5) is 26.2 Å². The maximum absolute atomic E-state index is 13.2. The van der Waals surface area contributed by atoms with Crippen molar-refractivity contribution in [3.8, 4) is 11.1 Å². The number of carboxylic acid groups (broad SMARTS) is 1. The Kier molecular flexibility index (Phi) is 6.54. The molecule has 0 radical (unpaired) electrons. The van der Waals surface area contributed by atoms with Gasteiger partial charge in [-0.3, -0.25) is 25.0 Å². The summed E-state index contributed by atoms with van der Waals surface area (Å²) in [6.07, 6.45) is -1.98. The Bertz CT molecular complexity index is 1210.